The van der Waals surface area contributed by atoms with E-state index in [0.29, 0.717) is 5.82 Å². The summed E-state index contributed by atoms with van der Waals surface area (Å²) in [4.78, 5) is 5.30. The SMILES string of the molecule is c1ccc(-n2c3ccccc3c3cc(-c4ccccc4-c4ccccc4-c4ccc(-n5nc(-c6cccc7ccccc67)nc5-c5cccc6ccccc56)cc4)ccc32)cc1. The molecule has 4 heteroatoms. The summed E-state index contributed by atoms with van der Waals surface area (Å²) in [7, 11) is 0. The molecule has 0 fully saturated rings. The van der Waals surface area contributed by atoms with Crippen LogP contribution in [0.1, 0.15) is 0 Å². The average Bonchev–Trinajstić information content (AvgIpc) is 3.94. The number of benzene rings is 10. The largest absolute Gasteiger partial charge is 0.309 e. The molecule has 0 N–H and O–H groups in total. The molecule has 2 aromatic heterocycles. The maximum absolute atomic E-state index is 5.30. The average molecular weight is 791 g/mol. The van der Waals surface area contributed by atoms with Crippen molar-refractivity contribution in [3.8, 4) is 67.5 Å². The predicted octanol–water partition coefficient (Wildman–Crippen LogP) is 15.0. The zero-order valence-corrected chi connectivity index (χ0v) is 33.7. The van der Waals surface area contributed by atoms with Crippen molar-refractivity contribution in [2.45, 2.75) is 0 Å². The van der Waals surface area contributed by atoms with Crippen molar-refractivity contribution >= 4 is 43.4 Å². The van der Waals surface area contributed by atoms with Crippen LogP contribution in [-0.4, -0.2) is 19.3 Å². The molecule has 0 aliphatic rings. The van der Waals surface area contributed by atoms with Gasteiger partial charge >= 0.3 is 0 Å². The fourth-order valence-corrected chi connectivity index (χ4v) is 9.34. The van der Waals surface area contributed by atoms with Crippen LogP contribution >= 0.6 is 0 Å². The molecule has 12 rings (SSSR count). The molecule has 0 radical (unpaired) electrons. The zero-order chi connectivity index (χ0) is 41.0. The van der Waals surface area contributed by atoms with Crippen molar-refractivity contribution < 1.29 is 0 Å². The van der Waals surface area contributed by atoms with Crippen LogP contribution in [0, 0.1) is 0 Å². The Morgan fingerprint density at radius 2 is 0.806 bits per heavy atom. The highest BCUT2D eigenvalue weighted by Crippen LogP contribution is 2.41. The number of hydrogen-bond donors (Lipinski definition) is 0. The van der Waals surface area contributed by atoms with Crippen LogP contribution in [0.25, 0.3) is 111 Å². The number of aromatic nitrogens is 4. The molecule has 0 amide bonds. The van der Waals surface area contributed by atoms with Gasteiger partial charge in [-0.25, -0.2) is 9.67 Å². The first-order valence-corrected chi connectivity index (χ1v) is 21.1. The molecule has 290 valence electrons. The lowest BCUT2D eigenvalue weighted by Crippen LogP contribution is -2.00. The number of hydrogen-bond acceptors (Lipinski definition) is 2. The Bertz CT molecular complexity index is 3620. The highest BCUT2D eigenvalue weighted by molar-refractivity contribution is 6.11. The first-order valence-electron chi connectivity index (χ1n) is 21.1. The molecule has 0 atom stereocenters. The van der Waals surface area contributed by atoms with Crippen molar-refractivity contribution in [3.05, 3.63) is 231 Å². The van der Waals surface area contributed by atoms with Crippen molar-refractivity contribution in [1.29, 1.82) is 0 Å². The molecule has 0 saturated carbocycles. The first kappa shape index (κ1) is 35.6. The third-order valence-electron chi connectivity index (χ3n) is 12.2. The minimum absolute atomic E-state index is 0.693. The second kappa shape index (κ2) is 14.7. The second-order valence-electron chi connectivity index (χ2n) is 15.8. The van der Waals surface area contributed by atoms with Crippen molar-refractivity contribution in [1.82, 2.24) is 19.3 Å². The summed E-state index contributed by atoms with van der Waals surface area (Å²) in [6, 6.07) is 82.3. The van der Waals surface area contributed by atoms with E-state index < -0.39 is 0 Å². The van der Waals surface area contributed by atoms with Crippen molar-refractivity contribution in [3.63, 3.8) is 0 Å². The monoisotopic (exact) mass is 790 g/mol. The van der Waals surface area contributed by atoms with Gasteiger partial charge in [-0.05, 0) is 97.4 Å². The fraction of sp³-hybridized carbons (Fsp3) is 0. The maximum atomic E-state index is 5.30. The molecule has 0 aliphatic carbocycles. The Labute approximate surface area is 359 Å². The van der Waals surface area contributed by atoms with Crippen LogP contribution < -0.4 is 0 Å². The van der Waals surface area contributed by atoms with E-state index in [4.69, 9.17) is 10.1 Å². The van der Waals surface area contributed by atoms with Crippen LogP contribution in [0.5, 0.6) is 0 Å². The van der Waals surface area contributed by atoms with Gasteiger partial charge in [0.25, 0.3) is 0 Å². The molecule has 2 heterocycles. The summed E-state index contributed by atoms with van der Waals surface area (Å²) < 4.78 is 4.38. The van der Waals surface area contributed by atoms with Gasteiger partial charge in [-0.1, -0.05) is 188 Å². The molecule has 4 nitrogen and oxygen atoms in total. The van der Waals surface area contributed by atoms with E-state index in [2.05, 4.69) is 235 Å². The number of nitrogens with zero attached hydrogens (tertiary/aromatic N) is 4. The summed E-state index contributed by atoms with van der Waals surface area (Å²) >= 11 is 0. The lowest BCUT2D eigenvalue weighted by molar-refractivity contribution is 0.892. The van der Waals surface area contributed by atoms with Crippen LogP contribution in [0.3, 0.4) is 0 Å². The number of para-hydroxylation sites is 2. The van der Waals surface area contributed by atoms with Gasteiger partial charge in [0.2, 0.25) is 0 Å². The third kappa shape index (κ3) is 5.92. The molecule has 62 heavy (non-hydrogen) atoms. The molecular weight excluding hydrogens is 753 g/mol. The highest BCUT2D eigenvalue weighted by Gasteiger charge is 2.20. The van der Waals surface area contributed by atoms with Gasteiger partial charge in [0.05, 0.1) is 16.7 Å². The molecular formula is C58H38N4. The number of rotatable bonds is 7. The standard InChI is InChI=1S/C58H38N4/c1-2-20-43(21-3-1)61-55-31-13-12-28-51(55)54-38-42(34-37-56(54)61)48-25-9-11-27-50(48)49-26-10-8-22-45(49)41-32-35-44(36-33-41)62-58(53-30-15-19-40-17-5-7-24-47(40)53)59-57(60-62)52-29-14-18-39-16-4-6-23-46(39)52/h1-38H. The maximum Gasteiger partial charge on any atom is 0.182 e. The molecule has 0 saturated heterocycles. The van der Waals surface area contributed by atoms with E-state index in [1.807, 2.05) is 4.68 Å². The Hall–Kier alpha value is -8.34. The highest BCUT2D eigenvalue weighted by atomic mass is 15.4. The molecule has 0 unspecified atom stereocenters. The van der Waals surface area contributed by atoms with Crippen LogP contribution in [0.15, 0.2) is 231 Å². The van der Waals surface area contributed by atoms with Crippen LogP contribution in [0.4, 0.5) is 0 Å². The molecule has 0 aliphatic heterocycles. The first-order chi connectivity index (χ1) is 30.8. The predicted molar refractivity (Wildman–Crippen MR) is 258 cm³/mol. The van der Waals surface area contributed by atoms with Gasteiger partial charge in [-0.15, -0.1) is 5.10 Å². The third-order valence-corrected chi connectivity index (χ3v) is 12.2. The van der Waals surface area contributed by atoms with Gasteiger partial charge in [-0.3, -0.25) is 0 Å². The van der Waals surface area contributed by atoms with Crippen LogP contribution in [0.2, 0.25) is 0 Å². The fourth-order valence-electron chi connectivity index (χ4n) is 9.34. The van der Waals surface area contributed by atoms with Crippen LogP contribution in [-0.2, 0) is 0 Å². The lowest BCUT2D eigenvalue weighted by atomic mass is 9.89. The van der Waals surface area contributed by atoms with E-state index >= 15 is 0 Å². The van der Waals surface area contributed by atoms with Crippen molar-refractivity contribution in [2.24, 2.45) is 0 Å². The van der Waals surface area contributed by atoms with Gasteiger partial charge in [-0.2, -0.15) is 0 Å². The van der Waals surface area contributed by atoms with Crippen molar-refractivity contribution in [2.75, 3.05) is 0 Å². The minimum atomic E-state index is 0.693. The van der Waals surface area contributed by atoms with E-state index in [1.54, 1.807) is 0 Å². The smallest absolute Gasteiger partial charge is 0.182 e. The minimum Gasteiger partial charge on any atom is -0.309 e. The molecule has 0 bridgehead atoms. The summed E-state index contributed by atoms with van der Waals surface area (Å²) in [6.07, 6.45) is 0. The van der Waals surface area contributed by atoms with Gasteiger partial charge < -0.3 is 4.57 Å². The Kier molecular flexibility index (Phi) is 8.46. The Morgan fingerprint density at radius 1 is 0.306 bits per heavy atom. The Morgan fingerprint density at radius 3 is 1.52 bits per heavy atom. The van der Waals surface area contributed by atoms with E-state index in [1.165, 1.54) is 44.1 Å². The number of fused-ring (bicyclic) bond motifs is 5. The van der Waals surface area contributed by atoms with Gasteiger partial charge in [0.15, 0.2) is 11.6 Å². The van der Waals surface area contributed by atoms with E-state index in [0.717, 1.165) is 61.0 Å². The van der Waals surface area contributed by atoms with E-state index in [9.17, 15) is 0 Å². The molecule has 10 aromatic carbocycles. The summed E-state index contributed by atoms with van der Waals surface area (Å²) in [5, 5.41) is 12.3. The lowest BCUT2D eigenvalue weighted by Gasteiger charge is -2.16. The quantitative estimate of drug-likeness (QED) is 0.161. The van der Waals surface area contributed by atoms with Gasteiger partial charge in [0, 0.05) is 27.6 Å². The summed E-state index contributed by atoms with van der Waals surface area (Å²) in [5.74, 6) is 1.49. The van der Waals surface area contributed by atoms with E-state index in [-0.39, 0.29) is 0 Å². The Balaban J connectivity index is 0.965. The summed E-state index contributed by atoms with van der Waals surface area (Å²) in [5.41, 5.74) is 13.6. The second-order valence-corrected chi connectivity index (χ2v) is 15.8. The normalized spacial score (nSPS) is 11.5. The summed E-state index contributed by atoms with van der Waals surface area (Å²) in [6.45, 7) is 0. The topological polar surface area (TPSA) is 35.6 Å². The van der Waals surface area contributed by atoms with Gasteiger partial charge in [0.1, 0.15) is 0 Å². The molecule has 0 spiro atoms. The zero-order valence-electron chi connectivity index (χ0n) is 33.7. The molecule has 12 aromatic rings.